The third kappa shape index (κ3) is 3.12. The lowest BCUT2D eigenvalue weighted by Gasteiger charge is -2.04. The Morgan fingerprint density at radius 3 is 2.55 bits per heavy atom. The van der Waals surface area contributed by atoms with Gasteiger partial charge in [-0.15, -0.1) is 16.6 Å². The van der Waals surface area contributed by atoms with Crippen LogP contribution in [0.4, 0.5) is 0 Å². The quantitative estimate of drug-likeness (QED) is 0.853. The minimum absolute atomic E-state index is 0.199. The Morgan fingerprint density at radius 2 is 2.00 bits per heavy atom. The second-order valence-electron chi connectivity index (χ2n) is 3.93. The standard InChI is InChI=1S/C15H13N3O2/c1-3-10-16-15(19)12-6-4-11(5-7-12)13-8-9-14(20-2)18-17-13/h1,4-9H,10H2,2H3,(H,16,19). The minimum Gasteiger partial charge on any atom is -0.480 e. The van der Waals surface area contributed by atoms with Gasteiger partial charge in [0.05, 0.1) is 19.3 Å². The zero-order chi connectivity index (χ0) is 14.4. The molecule has 0 aliphatic rings. The first-order valence-corrected chi connectivity index (χ1v) is 5.94. The largest absolute Gasteiger partial charge is 0.480 e. The SMILES string of the molecule is C#CCNC(=O)c1ccc(-c2ccc(OC)nn2)cc1. The summed E-state index contributed by atoms with van der Waals surface area (Å²) >= 11 is 0. The Morgan fingerprint density at radius 1 is 1.25 bits per heavy atom. The number of ether oxygens (including phenoxy) is 1. The fourth-order valence-corrected chi connectivity index (χ4v) is 1.61. The summed E-state index contributed by atoms with van der Waals surface area (Å²) in [6.07, 6.45) is 5.09. The molecular weight excluding hydrogens is 254 g/mol. The van der Waals surface area contributed by atoms with Crippen molar-refractivity contribution in [1.29, 1.82) is 0 Å². The van der Waals surface area contributed by atoms with Crippen molar-refractivity contribution in [3.63, 3.8) is 0 Å². The molecular formula is C15H13N3O2. The molecule has 0 saturated heterocycles. The number of amides is 1. The number of methoxy groups -OCH3 is 1. The molecule has 0 aliphatic heterocycles. The van der Waals surface area contributed by atoms with Gasteiger partial charge < -0.3 is 10.1 Å². The highest BCUT2D eigenvalue weighted by molar-refractivity contribution is 5.94. The molecule has 1 aromatic carbocycles. The highest BCUT2D eigenvalue weighted by atomic mass is 16.5. The summed E-state index contributed by atoms with van der Waals surface area (Å²) in [7, 11) is 1.54. The number of carbonyl (C=O) groups excluding carboxylic acids is 1. The molecule has 100 valence electrons. The first-order valence-electron chi connectivity index (χ1n) is 5.94. The molecule has 20 heavy (non-hydrogen) atoms. The van der Waals surface area contributed by atoms with Crippen molar-refractivity contribution in [3.05, 3.63) is 42.0 Å². The van der Waals surface area contributed by atoms with E-state index in [0.29, 0.717) is 17.1 Å². The fraction of sp³-hybridized carbons (Fsp3) is 0.133. The molecule has 0 atom stereocenters. The normalized spacial score (nSPS) is 9.60. The van der Waals surface area contributed by atoms with Crippen molar-refractivity contribution in [1.82, 2.24) is 15.5 Å². The van der Waals surface area contributed by atoms with E-state index in [1.165, 1.54) is 7.11 Å². The number of nitrogens with one attached hydrogen (secondary N) is 1. The molecule has 0 bridgehead atoms. The first kappa shape index (κ1) is 13.6. The number of aromatic nitrogens is 2. The van der Waals surface area contributed by atoms with Crippen LogP contribution in [0, 0.1) is 12.3 Å². The van der Waals surface area contributed by atoms with Crippen LogP contribution in [0.5, 0.6) is 5.88 Å². The van der Waals surface area contributed by atoms with Crippen LogP contribution in [0.2, 0.25) is 0 Å². The second kappa shape index (κ2) is 6.34. The van der Waals surface area contributed by atoms with E-state index in [4.69, 9.17) is 11.2 Å². The van der Waals surface area contributed by atoms with E-state index in [2.05, 4.69) is 21.4 Å². The molecule has 5 nitrogen and oxygen atoms in total. The lowest BCUT2D eigenvalue weighted by Crippen LogP contribution is -2.23. The van der Waals surface area contributed by atoms with E-state index in [-0.39, 0.29) is 12.5 Å². The Hall–Kier alpha value is -2.87. The summed E-state index contributed by atoms with van der Waals surface area (Å²) in [5, 5.41) is 10.5. The number of carbonyl (C=O) groups is 1. The fourth-order valence-electron chi connectivity index (χ4n) is 1.61. The molecule has 0 aliphatic carbocycles. The van der Waals surface area contributed by atoms with Crippen LogP contribution in [0.1, 0.15) is 10.4 Å². The van der Waals surface area contributed by atoms with Crippen LogP contribution in [-0.4, -0.2) is 29.8 Å². The smallest absolute Gasteiger partial charge is 0.252 e. The van der Waals surface area contributed by atoms with E-state index >= 15 is 0 Å². The topological polar surface area (TPSA) is 64.1 Å². The van der Waals surface area contributed by atoms with Gasteiger partial charge in [0.15, 0.2) is 0 Å². The van der Waals surface area contributed by atoms with Gasteiger partial charge in [-0.05, 0) is 18.2 Å². The van der Waals surface area contributed by atoms with Gasteiger partial charge >= 0.3 is 0 Å². The summed E-state index contributed by atoms with van der Waals surface area (Å²) in [6, 6.07) is 10.6. The van der Waals surface area contributed by atoms with E-state index < -0.39 is 0 Å². The maximum Gasteiger partial charge on any atom is 0.252 e. The molecule has 0 fully saturated rings. The first-order chi connectivity index (χ1) is 9.74. The number of hydrogen-bond acceptors (Lipinski definition) is 4. The molecule has 2 aromatic rings. The van der Waals surface area contributed by atoms with Gasteiger partial charge in [-0.3, -0.25) is 4.79 Å². The Kier molecular flexibility index (Phi) is 4.30. The highest BCUT2D eigenvalue weighted by Crippen LogP contribution is 2.18. The van der Waals surface area contributed by atoms with Crippen molar-refractivity contribution in [3.8, 4) is 29.5 Å². The molecule has 0 radical (unpaired) electrons. The van der Waals surface area contributed by atoms with Crippen molar-refractivity contribution in [2.24, 2.45) is 0 Å². The van der Waals surface area contributed by atoms with Gasteiger partial charge in [0.25, 0.3) is 5.91 Å². The monoisotopic (exact) mass is 267 g/mol. The number of terminal acetylenes is 1. The summed E-state index contributed by atoms with van der Waals surface area (Å²) < 4.78 is 4.95. The zero-order valence-electron chi connectivity index (χ0n) is 11.0. The summed E-state index contributed by atoms with van der Waals surface area (Å²) in [5.74, 6) is 2.61. The van der Waals surface area contributed by atoms with Crippen LogP contribution >= 0.6 is 0 Å². The molecule has 1 heterocycles. The second-order valence-corrected chi connectivity index (χ2v) is 3.93. The van der Waals surface area contributed by atoms with E-state index in [1.807, 2.05) is 0 Å². The summed E-state index contributed by atoms with van der Waals surface area (Å²) in [5.41, 5.74) is 2.13. The molecule has 1 amide bonds. The molecule has 0 spiro atoms. The van der Waals surface area contributed by atoms with Crippen molar-refractivity contribution in [2.75, 3.05) is 13.7 Å². The molecule has 1 aromatic heterocycles. The lowest BCUT2D eigenvalue weighted by atomic mass is 10.1. The van der Waals surface area contributed by atoms with Crippen LogP contribution in [-0.2, 0) is 0 Å². The predicted octanol–water partition coefficient (Wildman–Crippen LogP) is 1.52. The van der Waals surface area contributed by atoms with Crippen molar-refractivity contribution >= 4 is 5.91 Å². The Bertz CT molecular complexity index is 628. The average Bonchev–Trinajstić information content (AvgIpc) is 2.53. The van der Waals surface area contributed by atoms with Gasteiger partial charge in [0.2, 0.25) is 5.88 Å². The molecule has 5 heteroatoms. The molecule has 1 N–H and O–H groups in total. The molecule has 0 unspecified atom stereocenters. The van der Waals surface area contributed by atoms with Crippen LogP contribution < -0.4 is 10.1 Å². The Balaban J connectivity index is 2.15. The number of benzene rings is 1. The van der Waals surface area contributed by atoms with E-state index in [1.54, 1.807) is 36.4 Å². The van der Waals surface area contributed by atoms with Gasteiger partial charge in [0.1, 0.15) is 0 Å². The van der Waals surface area contributed by atoms with E-state index in [0.717, 1.165) is 5.56 Å². The van der Waals surface area contributed by atoms with Gasteiger partial charge in [-0.2, -0.15) is 0 Å². The average molecular weight is 267 g/mol. The predicted molar refractivity (Wildman–Crippen MR) is 75.2 cm³/mol. The van der Waals surface area contributed by atoms with Crippen LogP contribution in [0.25, 0.3) is 11.3 Å². The van der Waals surface area contributed by atoms with Gasteiger partial charge in [-0.25, -0.2) is 0 Å². The Labute approximate surface area is 117 Å². The molecule has 0 saturated carbocycles. The zero-order valence-corrected chi connectivity index (χ0v) is 11.0. The maximum absolute atomic E-state index is 11.7. The van der Waals surface area contributed by atoms with Gasteiger partial charge in [-0.1, -0.05) is 18.1 Å². The van der Waals surface area contributed by atoms with Crippen molar-refractivity contribution in [2.45, 2.75) is 0 Å². The highest BCUT2D eigenvalue weighted by Gasteiger charge is 2.06. The molecule has 2 rings (SSSR count). The van der Waals surface area contributed by atoms with E-state index in [9.17, 15) is 4.79 Å². The van der Waals surface area contributed by atoms with Gasteiger partial charge in [0, 0.05) is 17.2 Å². The minimum atomic E-state index is -0.199. The number of nitrogens with zero attached hydrogens (tertiary/aromatic N) is 2. The van der Waals surface area contributed by atoms with Crippen molar-refractivity contribution < 1.29 is 9.53 Å². The summed E-state index contributed by atoms with van der Waals surface area (Å²) in [4.78, 5) is 11.7. The lowest BCUT2D eigenvalue weighted by molar-refractivity contribution is 0.0958. The number of hydrogen-bond donors (Lipinski definition) is 1. The van der Waals surface area contributed by atoms with Crippen LogP contribution in [0.3, 0.4) is 0 Å². The maximum atomic E-state index is 11.7. The third-order valence-corrected chi connectivity index (χ3v) is 2.64. The third-order valence-electron chi connectivity index (χ3n) is 2.64. The summed E-state index contributed by atoms with van der Waals surface area (Å²) in [6.45, 7) is 0.213. The number of rotatable bonds is 4. The van der Waals surface area contributed by atoms with Crippen LogP contribution in [0.15, 0.2) is 36.4 Å².